The van der Waals surface area contributed by atoms with Gasteiger partial charge in [-0.15, -0.1) is 0 Å². The van der Waals surface area contributed by atoms with Gasteiger partial charge in [0.25, 0.3) is 0 Å². The molecule has 302 valence electrons. The quantitative estimate of drug-likeness (QED) is 0.286. The Hall–Kier alpha value is -3.46. The number of para-hydroxylation sites is 1. The molecule has 13 atom stereocenters. The molecule has 1 aromatic carbocycles. The van der Waals surface area contributed by atoms with E-state index >= 15 is 0 Å². The topological polar surface area (TPSA) is 149 Å². The molecule has 0 bridgehead atoms. The molecule has 4 aliphatic heterocycles. The number of carbonyl (C=O) groups is 3. The van der Waals surface area contributed by atoms with Crippen LogP contribution in [-0.4, -0.2) is 132 Å². The van der Waals surface area contributed by atoms with Crippen LogP contribution in [0.5, 0.6) is 0 Å². The van der Waals surface area contributed by atoms with Crippen LogP contribution in [0.1, 0.15) is 73.3 Å². The lowest BCUT2D eigenvalue weighted by atomic mass is 9.78. The van der Waals surface area contributed by atoms with E-state index in [0.717, 1.165) is 16.5 Å². The largest absolute Gasteiger partial charge is 0.458 e. The fraction of sp³-hybridized carbons (Fsp3) is 0.667. The molecule has 2 N–H and O–H groups in total. The summed E-state index contributed by atoms with van der Waals surface area (Å²) in [6, 6.07) is 9.31. The number of aliphatic hydroxyl groups is 1. The van der Waals surface area contributed by atoms with E-state index in [1.807, 2.05) is 89.3 Å². The third kappa shape index (κ3) is 8.33. The van der Waals surface area contributed by atoms with Gasteiger partial charge in [0.05, 0.1) is 36.0 Å². The lowest BCUT2D eigenvalue weighted by molar-refractivity contribution is -0.296. The number of cyclic esters (lactones) is 1. The third-order valence-electron chi connectivity index (χ3n) is 12.3. The van der Waals surface area contributed by atoms with Crippen LogP contribution < -0.4 is 5.32 Å². The second-order valence-corrected chi connectivity index (χ2v) is 16.8. The monoisotopic (exact) mass is 764 g/mol. The molecule has 0 radical (unpaired) electrons. The van der Waals surface area contributed by atoms with E-state index < -0.39 is 65.5 Å². The van der Waals surface area contributed by atoms with Gasteiger partial charge in [0.15, 0.2) is 17.7 Å². The van der Waals surface area contributed by atoms with Crippen LogP contribution in [0.4, 0.5) is 4.79 Å². The van der Waals surface area contributed by atoms with Crippen molar-refractivity contribution >= 4 is 34.8 Å². The van der Waals surface area contributed by atoms with Crippen molar-refractivity contribution in [3.63, 3.8) is 0 Å². The smallest absolute Gasteiger partial charge is 0.411 e. The number of nitrogens with one attached hydrogen (secondary N) is 1. The summed E-state index contributed by atoms with van der Waals surface area (Å²) in [5.74, 6) is -3.14. The Morgan fingerprint density at radius 2 is 1.87 bits per heavy atom. The molecule has 13 heteroatoms. The number of rotatable bonds is 8. The fourth-order valence-electron chi connectivity index (χ4n) is 9.21. The molecular weight excluding hydrogens is 704 g/mol. The summed E-state index contributed by atoms with van der Waals surface area (Å²) in [7, 11) is 3.82. The minimum Gasteiger partial charge on any atom is -0.458 e. The predicted molar refractivity (Wildman–Crippen MR) is 207 cm³/mol. The van der Waals surface area contributed by atoms with Gasteiger partial charge >= 0.3 is 12.1 Å². The SMILES string of the molecule is CC[C@H]1OC(=O)[C@H](C)C(=O)[C@@H](C)[C@@H](O[C@@H]2O[C@H](C)CC(N(C)C)C2O)[C@](C)(OC/C=C/c2cnc3ccccc3c2)C[C@@H](C)CN[C@@H]2CN3C(=O)O[C@@]1(C)[C@@H]23. The number of benzene rings is 1. The minimum atomic E-state index is -1.17. The molecule has 55 heavy (non-hydrogen) atoms. The van der Waals surface area contributed by atoms with Crippen LogP contribution in [0.2, 0.25) is 0 Å². The van der Waals surface area contributed by atoms with Crippen LogP contribution in [0.25, 0.3) is 17.0 Å². The highest BCUT2D eigenvalue weighted by molar-refractivity contribution is 6.00. The van der Waals surface area contributed by atoms with Crippen molar-refractivity contribution in [2.24, 2.45) is 17.8 Å². The molecule has 4 fully saturated rings. The van der Waals surface area contributed by atoms with Crippen LogP contribution in [0, 0.1) is 17.8 Å². The van der Waals surface area contributed by atoms with Crippen LogP contribution >= 0.6 is 0 Å². The van der Waals surface area contributed by atoms with Crippen LogP contribution in [-0.2, 0) is 33.3 Å². The number of amides is 1. The second-order valence-electron chi connectivity index (χ2n) is 16.8. The normalized spacial score (nSPS) is 39.0. The Balaban J connectivity index is 1.34. The van der Waals surface area contributed by atoms with Crippen molar-refractivity contribution in [3.05, 3.63) is 48.2 Å². The minimum absolute atomic E-state index is 0.00144. The molecule has 4 aliphatic rings. The number of likely N-dealkylation sites (N-methyl/N-ethyl adjacent to an activating group) is 1. The van der Waals surface area contributed by atoms with Crippen molar-refractivity contribution in [3.8, 4) is 0 Å². The highest BCUT2D eigenvalue weighted by Crippen LogP contribution is 2.43. The van der Waals surface area contributed by atoms with Gasteiger partial charge < -0.3 is 39.0 Å². The molecule has 6 rings (SSSR count). The van der Waals surface area contributed by atoms with Gasteiger partial charge in [0.2, 0.25) is 0 Å². The summed E-state index contributed by atoms with van der Waals surface area (Å²) < 4.78 is 31.9. The number of fused-ring (bicyclic) bond motifs is 1. The van der Waals surface area contributed by atoms with Crippen molar-refractivity contribution in [1.29, 1.82) is 0 Å². The molecule has 13 nitrogen and oxygen atoms in total. The number of pyridine rings is 1. The number of hydrogen-bond acceptors (Lipinski definition) is 12. The second kappa shape index (κ2) is 16.6. The Kier molecular flexibility index (Phi) is 12.4. The lowest BCUT2D eigenvalue weighted by Crippen LogP contribution is -2.71. The van der Waals surface area contributed by atoms with E-state index in [1.54, 1.807) is 18.7 Å². The molecule has 0 spiro atoms. The predicted octanol–water partition coefficient (Wildman–Crippen LogP) is 4.59. The maximum atomic E-state index is 14.5. The fourth-order valence-corrected chi connectivity index (χ4v) is 9.21. The first-order chi connectivity index (χ1) is 26.1. The average molecular weight is 765 g/mol. The van der Waals surface area contributed by atoms with Gasteiger partial charge in [-0.05, 0) is 91.2 Å². The Morgan fingerprint density at radius 1 is 1.13 bits per heavy atom. The highest BCUT2D eigenvalue weighted by atomic mass is 16.7. The van der Waals surface area contributed by atoms with Crippen molar-refractivity contribution in [2.75, 3.05) is 33.8 Å². The van der Waals surface area contributed by atoms with E-state index in [-0.39, 0.29) is 36.8 Å². The first-order valence-electron chi connectivity index (χ1n) is 19.8. The van der Waals surface area contributed by atoms with Gasteiger partial charge in [-0.1, -0.05) is 51.1 Å². The zero-order chi connectivity index (χ0) is 39.8. The molecule has 0 aliphatic carbocycles. The number of ether oxygens (including phenoxy) is 5. The van der Waals surface area contributed by atoms with E-state index in [0.29, 0.717) is 32.4 Å². The zero-order valence-corrected chi connectivity index (χ0v) is 33.8. The van der Waals surface area contributed by atoms with Gasteiger partial charge in [-0.3, -0.25) is 19.5 Å². The Labute approximate surface area is 325 Å². The van der Waals surface area contributed by atoms with Gasteiger partial charge in [0.1, 0.15) is 18.1 Å². The number of ketones is 1. The number of aromatic nitrogens is 1. The number of hydrogen-bond donors (Lipinski definition) is 2. The molecule has 1 aromatic heterocycles. The Morgan fingerprint density at radius 3 is 2.60 bits per heavy atom. The molecule has 2 unspecified atom stereocenters. The van der Waals surface area contributed by atoms with Gasteiger partial charge in [0, 0.05) is 36.1 Å². The number of nitrogens with zero attached hydrogens (tertiary/aromatic N) is 3. The van der Waals surface area contributed by atoms with E-state index in [1.165, 1.54) is 0 Å². The number of Topliss-reactive ketones (excluding diaryl/α,β-unsaturated/α-hetero) is 1. The molecule has 0 saturated carbocycles. The van der Waals surface area contributed by atoms with E-state index in [9.17, 15) is 19.5 Å². The summed E-state index contributed by atoms with van der Waals surface area (Å²) in [6.45, 7) is 14.2. The summed E-state index contributed by atoms with van der Waals surface area (Å²) in [5.41, 5.74) is -0.381. The molecule has 4 saturated heterocycles. The summed E-state index contributed by atoms with van der Waals surface area (Å²) >= 11 is 0. The third-order valence-corrected chi connectivity index (χ3v) is 12.3. The van der Waals surface area contributed by atoms with Crippen molar-refractivity contribution < 1.29 is 43.2 Å². The van der Waals surface area contributed by atoms with Gasteiger partial charge in [-0.2, -0.15) is 0 Å². The maximum absolute atomic E-state index is 14.5. The highest BCUT2D eigenvalue weighted by Gasteiger charge is 2.64. The first kappa shape index (κ1) is 41.2. The number of carbonyl (C=O) groups excluding carboxylic acids is 3. The molecule has 1 amide bonds. The Bertz CT molecular complexity index is 1740. The summed E-state index contributed by atoms with van der Waals surface area (Å²) in [5, 5.41) is 16.3. The van der Waals surface area contributed by atoms with Crippen LogP contribution in [0.15, 0.2) is 42.6 Å². The number of esters is 1. The van der Waals surface area contributed by atoms with E-state index in [2.05, 4.69) is 23.3 Å². The van der Waals surface area contributed by atoms with Crippen molar-refractivity contribution in [2.45, 2.75) is 128 Å². The number of aliphatic hydroxyl groups excluding tert-OH is 1. The maximum Gasteiger partial charge on any atom is 0.411 e. The summed E-state index contributed by atoms with van der Waals surface area (Å²) in [6.07, 6.45) is 2.70. The standard InChI is InChI=1S/C42H60N4O9/c1-10-33-42(7)36-31(23-46(36)40(50)55-42)43-21-24(2)20-41(6,51-17-13-14-28-19-29-15-11-12-16-30(29)44-22-28)37(26(4)34(47)27(5)38(49)53-33)54-39-35(48)32(45(8)9)18-25(3)52-39/h11-16,19,22,24-27,31-33,35-37,39,43,48H,10,17-18,20-21,23H2,1-9H3/b14-13+/t24-,25-,26-,27-,31-,32?,33-,35?,36-,37-,39+,41-,42-/m1/s1. The van der Waals surface area contributed by atoms with Crippen molar-refractivity contribution in [1.82, 2.24) is 20.1 Å². The van der Waals surface area contributed by atoms with Crippen LogP contribution in [0.3, 0.4) is 0 Å². The molecular formula is C42H60N4O9. The summed E-state index contributed by atoms with van der Waals surface area (Å²) in [4.78, 5) is 49.5. The van der Waals surface area contributed by atoms with E-state index in [4.69, 9.17) is 23.7 Å². The first-order valence-corrected chi connectivity index (χ1v) is 19.8. The molecule has 5 heterocycles. The molecule has 2 aromatic rings. The zero-order valence-electron chi connectivity index (χ0n) is 33.8. The lowest BCUT2D eigenvalue weighted by Gasteiger charge is -2.49. The average Bonchev–Trinajstić information content (AvgIpc) is 3.34. The van der Waals surface area contributed by atoms with Gasteiger partial charge in [-0.25, -0.2) is 4.79 Å².